The Hall–Kier alpha value is -0.320. The number of rotatable bonds is 3. The standard InChI is InChI=1S/C6H12ClN3O/c7-6-9-2-1-5(10-6)8-3-4-11/h5,8,11H,1-4H2,(H,9,10). The third kappa shape index (κ3) is 3.05. The van der Waals surface area contributed by atoms with E-state index in [1.807, 2.05) is 0 Å². The van der Waals surface area contributed by atoms with E-state index >= 15 is 0 Å². The highest BCUT2D eigenvalue weighted by atomic mass is 35.5. The first-order chi connectivity index (χ1) is 5.33. The van der Waals surface area contributed by atoms with Crippen LogP contribution in [0.3, 0.4) is 0 Å². The van der Waals surface area contributed by atoms with Gasteiger partial charge in [-0.1, -0.05) is 0 Å². The number of aliphatic hydroxyl groups is 1. The monoisotopic (exact) mass is 177 g/mol. The lowest BCUT2D eigenvalue weighted by molar-refractivity contribution is 0.279. The van der Waals surface area contributed by atoms with Gasteiger partial charge in [0.15, 0.2) is 5.29 Å². The van der Waals surface area contributed by atoms with E-state index in [2.05, 4.69) is 15.6 Å². The molecule has 5 heteroatoms. The SMILES string of the molecule is OCCNC1CCN=C(Cl)N1. The Morgan fingerprint density at radius 1 is 1.82 bits per heavy atom. The van der Waals surface area contributed by atoms with E-state index in [0.29, 0.717) is 11.8 Å². The third-order valence-electron chi connectivity index (χ3n) is 1.46. The minimum absolute atomic E-state index is 0.146. The number of halogens is 1. The summed E-state index contributed by atoms with van der Waals surface area (Å²) in [7, 11) is 0. The normalized spacial score (nSPS) is 24.2. The number of nitrogens with zero attached hydrogens (tertiary/aromatic N) is 1. The molecule has 1 aliphatic rings. The van der Waals surface area contributed by atoms with E-state index < -0.39 is 0 Å². The third-order valence-corrected chi connectivity index (χ3v) is 1.69. The molecule has 0 saturated heterocycles. The molecule has 0 aromatic heterocycles. The quantitative estimate of drug-likeness (QED) is 0.509. The maximum atomic E-state index is 8.51. The van der Waals surface area contributed by atoms with Crippen LogP contribution < -0.4 is 10.6 Å². The van der Waals surface area contributed by atoms with Crippen LogP contribution in [0.15, 0.2) is 4.99 Å². The van der Waals surface area contributed by atoms with E-state index in [4.69, 9.17) is 16.7 Å². The van der Waals surface area contributed by atoms with Crippen molar-refractivity contribution in [1.82, 2.24) is 10.6 Å². The summed E-state index contributed by atoms with van der Waals surface area (Å²) >= 11 is 5.63. The highest BCUT2D eigenvalue weighted by molar-refractivity contribution is 6.64. The molecule has 3 N–H and O–H groups in total. The minimum Gasteiger partial charge on any atom is -0.395 e. The zero-order valence-corrected chi connectivity index (χ0v) is 6.93. The predicted molar refractivity (Wildman–Crippen MR) is 44.8 cm³/mol. The smallest absolute Gasteiger partial charge is 0.192 e. The molecular weight excluding hydrogens is 166 g/mol. The molecule has 0 saturated carbocycles. The van der Waals surface area contributed by atoms with Crippen LogP contribution >= 0.6 is 11.6 Å². The van der Waals surface area contributed by atoms with Crippen molar-refractivity contribution in [3.63, 3.8) is 0 Å². The van der Waals surface area contributed by atoms with Gasteiger partial charge in [0.25, 0.3) is 0 Å². The average molecular weight is 178 g/mol. The molecule has 0 aliphatic carbocycles. The number of amidine groups is 1. The summed E-state index contributed by atoms with van der Waals surface area (Å²) in [6.45, 7) is 1.48. The molecule has 1 atom stereocenters. The van der Waals surface area contributed by atoms with Crippen molar-refractivity contribution >= 4 is 16.9 Å². The van der Waals surface area contributed by atoms with E-state index in [0.717, 1.165) is 13.0 Å². The van der Waals surface area contributed by atoms with E-state index in [-0.39, 0.29) is 12.8 Å². The van der Waals surface area contributed by atoms with Gasteiger partial charge in [-0.15, -0.1) is 0 Å². The van der Waals surface area contributed by atoms with Gasteiger partial charge in [0.1, 0.15) is 0 Å². The van der Waals surface area contributed by atoms with Crippen LogP contribution in [0.25, 0.3) is 0 Å². The predicted octanol–water partition coefficient (Wildman–Crippen LogP) is -0.517. The summed E-state index contributed by atoms with van der Waals surface area (Å²) in [4.78, 5) is 3.96. The van der Waals surface area contributed by atoms with Crippen LogP contribution in [0.1, 0.15) is 6.42 Å². The Morgan fingerprint density at radius 2 is 2.64 bits per heavy atom. The van der Waals surface area contributed by atoms with Gasteiger partial charge in [-0.2, -0.15) is 0 Å². The Kier molecular flexibility index (Phi) is 3.62. The first-order valence-electron chi connectivity index (χ1n) is 3.63. The van der Waals surface area contributed by atoms with Gasteiger partial charge in [-0.05, 0) is 11.6 Å². The topological polar surface area (TPSA) is 56.6 Å². The molecule has 1 aliphatic heterocycles. The van der Waals surface area contributed by atoms with Crippen LogP contribution in [-0.2, 0) is 0 Å². The molecule has 0 radical (unpaired) electrons. The molecule has 1 heterocycles. The summed E-state index contributed by atoms with van der Waals surface area (Å²) in [5.41, 5.74) is 0. The summed E-state index contributed by atoms with van der Waals surface area (Å²) in [5.74, 6) is 0. The molecule has 0 bridgehead atoms. The Balaban J connectivity index is 2.21. The lowest BCUT2D eigenvalue weighted by atomic mass is 10.3. The highest BCUT2D eigenvalue weighted by Gasteiger charge is 2.11. The van der Waals surface area contributed by atoms with Crippen molar-refractivity contribution < 1.29 is 5.11 Å². The van der Waals surface area contributed by atoms with E-state index in [9.17, 15) is 0 Å². The van der Waals surface area contributed by atoms with Crippen LogP contribution in [0.4, 0.5) is 0 Å². The van der Waals surface area contributed by atoms with Crippen LogP contribution in [0, 0.1) is 0 Å². The average Bonchev–Trinajstić information content (AvgIpc) is 2.01. The molecule has 1 unspecified atom stereocenters. The second-order valence-corrected chi connectivity index (χ2v) is 2.69. The molecule has 4 nitrogen and oxygen atoms in total. The molecular formula is C6H12ClN3O. The maximum Gasteiger partial charge on any atom is 0.192 e. The number of hydrogen-bond acceptors (Lipinski definition) is 4. The minimum atomic E-state index is 0.146. The first-order valence-corrected chi connectivity index (χ1v) is 4.01. The molecule has 0 aromatic carbocycles. The van der Waals surface area contributed by atoms with E-state index in [1.54, 1.807) is 0 Å². The van der Waals surface area contributed by atoms with Gasteiger partial charge in [-0.3, -0.25) is 10.3 Å². The maximum absolute atomic E-state index is 8.51. The van der Waals surface area contributed by atoms with Gasteiger partial charge < -0.3 is 10.4 Å². The molecule has 0 aromatic rings. The van der Waals surface area contributed by atoms with Gasteiger partial charge in [0.05, 0.1) is 12.8 Å². The Morgan fingerprint density at radius 3 is 3.27 bits per heavy atom. The summed E-state index contributed by atoms with van der Waals surface area (Å²) in [6, 6.07) is 0. The van der Waals surface area contributed by atoms with Crippen molar-refractivity contribution in [3.8, 4) is 0 Å². The zero-order chi connectivity index (χ0) is 8.10. The van der Waals surface area contributed by atoms with E-state index in [1.165, 1.54) is 0 Å². The van der Waals surface area contributed by atoms with Gasteiger partial charge >= 0.3 is 0 Å². The number of aliphatic hydroxyl groups excluding tert-OH is 1. The Bertz CT molecular complexity index is 151. The second kappa shape index (κ2) is 4.54. The highest BCUT2D eigenvalue weighted by Crippen LogP contribution is 1.98. The number of nitrogens with one attached hydrogen (secondary N) is 2. The summed E-state index contributed by atoms with van der Waals surface area (Å²) in [5, 5.41) is 15.0. The molecule has 0 spiro atoms. The summed E-state index contributed by atoms with van der Waals surface area (Å²) in [6.07, 6.45) is 1.07. The van der Waals surface area contributed by atoms with Crippen LogP contribution in [0.5, 0.6) is 0 Å². The largest absolute Gasteiger partial charge is 0.395 e. The molecule has 0 amide bonds. The zero-order valence-electron chi connectivity index (χ0n) is 6.18. The molecule has 64 valence electrons. The second-order valence-electron chi connectivity index (χ2n) is 2.34. The van der Waals surface area contributed by atoms with Crippen molar-refractivity contribution in [2.75, 3.05) is 19.7 Å². The van der Waals surface area contributed by atoms with Crippen molar-refractivity contribution in [3.05, 3.63) is 0 Å². The van der Waals surface area contributed by atoms with Crippen molar-refractivity contribution in [1.29, 1.82) is 0 Å². The summed E-state index contributed by atoms with van der Waals surface area (Å²) < 4.78 is 0. The lowest BCUT2D eigenvalue weighted by Gasteiger charge is -2.22. The van der Waals surface area contributed by atoms with Crippen LogP contribution in [0.2, 0.25) is 0 Å². The number of hydrogen-bond donors (Lipinski definition) is 3. The van der Waals surface area contributed by atoms with Crippen molar-refractivity contribution in [2.24, 2.45) is 4.99 Å². The lowest BCUT2D eigenvalue weighted by Crippen LogP contribution is -2.47. The fraction of sp³-hybridized carbons (Fsp3) is 0.833. The fourth-order valence-electron chi connectivity index (χ4n) is 0.945. The number of aliphatic imine (C=N–C) groups is 1. The van der Waals surface area contributed by atoms with Crippen molar-refractivity contribution in [2.45, 2.75) is 12.6 Å². The molecule has 0 fully saturated rings. The Labute approximate surface area is 70.7 Å². The van der Waals surface area contributed by atoms with Gasteiger partial charge in [-0.25, -0.2) is 0 Å². The molecule has 11 heavy (non-hydrogen) atoms. The first kappa shape index (κ1) is 8.77. The van der Waals surface area contributed by atoms with Gasteiger partial charge in [0, 0.05) is 19.5 Å². The molecule has 1 rings (SSSR count). The van der Waals surface area contributed by atoms with Crippen LogP contribution in [-0.4, -0.2) is 36.3 Å². The van der Waals surface area contributed by atoms with Gasteiger partial charge in [0.2, 0.25) is 0 Å². The fourth-order valence-corrected chi connectivity index (χ4v) is 1.16.